The Morgan fingerprint density at radius 1 is 1.17 bits per heavy atom. The maximum absolute atomic E-state index is 5.95. The van der Waals surface area contributed by atoms with Gasteiger partial charge in [-0.05, 0) is 45.4 Å². The molecule has 0 unspecified atom stereocenters. The zero-order chi connectivity index (χ0) is 16.5. The van der Waals surface area contributed by atoms with Gasteiger partial charge in [0.05, 0.1) is 6.61 Å². The van der Waals surface area contributed by atoms with Crippen molar-refractivity contribution in [1.29, 1.82) is 0 Å². The summed E-state index contributed by atoms with van der Waals surface area (Å²) in [6, 6.07) is 0. The Balaban J connectivity index is 1.28. The maximum Gasteiger partial charge on any atom is 0.219 e. The highest BCUT2D eigenvalue weighted by Crippen LogP contribution is 2.40. The molecule has 0 spiro atoms. The van der Waals surface area contributed by atoms with Gasteiger partial charge in [0.25, 0.3) is 0 Å². The molecule has 128 valence electrons. The molecule has 1 saturated carbocycles. The summed E-state index contributed by atoms with van der Waals surface area (Å²) in [4.78, 5) is 15.5. The number of hydrogen-bond donors (Lipinski definition) is 0. The van der Waals surface area contributed by atoms with Crippen LogP contribution in [0, 0.1) is 19.8 Å². The van der Waals surface area contributed by atoms with E-state index in [0.29, 0.717) is 11.8 Å². The molecule has 4 rings (SSSR count). The molecule has 2 aliphatic rings. The average Bonchev–Trinajstić information content (AvgIpc) is 3.34. The van der Waals surface area contributed by atoms with E-state index in [-0.39, 0.29) is 0 Å². The fraction of sp³-hybridized carbons (Fsp3) is 0.647. The molecule has 1 saturated heterocycles. The van der Waals surface area contributed by atoms with Gasteiger partial charge in [-0.3, -0.25) is 0 Å². The fourth-order valence-corrected chi connectivity index (χ4v) is 3.81. The SMILES string of the molecule is Cc1ncnc(OCC2CCN(c3nc(C4CC4)ns3)CC2)c1C. The molecule has 1 aliphatic carbocycles. The summed E-state index contributed by atoms with van der Waals surface area (Å²) in [6.07, 6.45) is 6.35. The largest absolute Gasteiger partial charge is 0.477 e. The molecule has 3 heterocycles. The lowest BCUT2D eigenvalue weighted by molar-refractivity contribution is 0.214. The van der Waals surface area contributed by atoms with Gasteiger partial charge in [-0.1, -0.05) is 0 Å². The Kier molecular flexibility index (Phi) is 4.35. The van der Waals surface area contributed by atoms with Crippen molar-refractivity contribution in [2.24, 2.45) is 5.92 Å². The van der Waals surface area contributed by atoms with E-state index < -0.39 is 0 Å². The summed E-state index contributed by atoms with van der Waals surface area (Å²) >= 11 is 1.56. The van der Waals surface area contributed by atoms with Crippen molar-refractivity contribution in [1.82, 2.24) is 19.3 Å². The molecule has 0 radical (unpaired) electrons. The van der Waals surface area contributed by atoms with Crippen molar-refractivity contribution in [3.05, 3.63) is 23.4 Å². The third kappa shape index (κ3) is 3.36. The highest BCUT2D eigenvalue weighted by molar-refractivity contribution is 7.09. The second kappa shape index (κ2) is 6.63. The molecule has 6 nitrogen and oxygen atoms in total. The standard InChI is InChI=1S/C17H23N5OS/c1-11-12(2)18-10-19-16(11)23-9-13-5-7-22(8-6-13)17-20-15(21-24-17)14-3-4-14/h10,13-14H,3-9H2,1-2H3. The van der Waals surface area contributed by atoms with Gasteiger partial charge in [0.2, 0.25) is 11.0 Å². The normalized spacial score (nSPS) is 18.8. The smallest absolute Gasteiger partial charge is 0.219 e. The van der Waals surface area contributed by atoms with E-state index in [1.54, 1.807) is 17.9 Å². The van der Waals surface area contributed by atoms with E-state index >= 15 is 0 Å². The summed E-state index contributed by atoms with van der Waals surface area (Å²) in [7, 11) is 0. The van der Waals surface area contributed by atoms with Crippen LogP contribution in [0.4, 0.5) is 5.13 Å². The number of rotatable bonds is 5. The summed E-state index contributed by atoms with van der Waals surface area (Å²) < 4.78 is 10.5. The van der Waals surface area contributed by atoms with Crippen LogP contribution in [0.3, 0.4) is 0 Å². The first-order chi connectivity index (χ1) is 11.7. The Morgan fingerprint density at radius 2 is 1.96 bits per heavy atom. The molecular weight excluding hydrogens is 322 g/mol. The molecule has 2 aromatic rings. The molecule has 2 aromatic heterocycles. The first-order valence-electron chi connectivity index (χ1n) is 8.70. The van der Waals surface area contributed by atoms with Gasteiger partial charge in [0, 0.05) is 41.8 Å². The van der Waals surface area contributed by atoms with Crippen LogP contribution in [0.1, 0.15) is 48.7 Å². The molecule has 0 bridgehead atoms. The van der Waals surface area contributed by atoms with Crippen LogP contribution in [-0.4, -0.2) is 39.0 Å². The number of piperidine rings is 1. The lowest BCUT2D eigenvalue weighted by Crippen LogP contribution is -2.35. The van der Waals surface area contributed by atoms with Gasteiger partial charge in [-0.15, -0.1) is 0 Å². The summed E-state index contributed by atoms with van der Waals surface area (Å²) in [5.41, 5.74) is 2.02. The van der Waals surface area contributed by atoms with Gasteiger partial charge < -0.3 is 9.64 Å². The Hall–Kier alpha value is -1.76. The number of hydrogen-bond acceptors (Lipinski definition) is 7. The molecule has 0 amide bonds. The minimum atomic E-state index is 0.576. The van der Waals surface area contributed by atoms with E-state index in [1.807, 2.05) is 13.8 Å². The Morgan fingerprint density at radius 3 is 2.71 bits per heavy atom. The number of aromatic nitrogens is 4. The highest BCUT2D eigenvalue weighted by atomic mass is 32.1. The second-order valence-corrected chi connectivity index (χ2v) is 7.57. The molecule has 7 heteroatoms. The Labute approximate surface area is 146 Å². The lowest BCUT2D eigenvalue weighted by atomic mass is 9.98. The predicted molar refractivity (Wildman–Crippen MR) is 93.8 cm³/mol. The Bertz CT molecular complexity index is 707. The van der Waals surface area contributed by atoms with Gasteiger partial charge in [0.15, 0.2) is 0 Å². The van der Waals surface area contributed by atoms with Crippen LogP contribution < -0.4 is 9.64 Å². The van der Waals surface area contributed by atoms with Gasteiger partial charge in [-0.2, -0.15) is 4.37 Å². The molecule has 0 atom stereocenters. The number of aryl methyl sites for hydroxylation is 1. The topological polar surface area (TPSA) is 64.0 Å². The van der Waals surface area contributed by atoms with Gasteiger partial charge in [0.1, 0.15) is 12.2 Å². The minimum Gasteiger partial charge on any atom is -0.477 e. The quantitative estimate of drug-likeness (QED) is 0.829. The van der Waals surface area contributed by atoms with E-state index in [4.69, 9.17) is 9.72 Å². The van der Waals surface area contributed by atoms with E-state index in [2.05, 4.69) is 19.2 Å². The van der Waals surface area contributed by atoms with E-state index in [0.717, 1.165) is 60.6 Å². The molecule has 2 fully saturated rings. The number of anilines is 1. The molecular formula is C17H23N5OS. The van der Waals surface area contributed by atoms with Crippen LogP contribution in [0.25, 0.3) is 0 Å². The van der Waals surface area contributed by atoms with E-state index in [9.17, 15) is 0 Å². The van der Waals surface area contributed by atoms with E-state index in [1.165, 1.54) is 12.8 Å². The van der Waals surface area contributed by atoms with Gasteiger partial charge >= 0.3 is 0 Å². The number of ether oxygens (including phenoxy) is 1. The third-order valence-electron chi connectivity index (χ3n) is 5.00. The molecule has 1 aliphatic heterocycles. The van der Waals surface area contributed by atoms with Crippen LogP contribution in [0.2, 0.25) is 0 Å². The van der Waals surface area contributed by atoms with Crippen LogP contribution in [0.15, 0.2) is 6.33 Å². The minimum absolute atomic E-state index is 0.576. The fourth-order valence-electron chi connectivity index (χ4n) is 3.01. The van der Waals surface area contributed by atoms with Crippen molar-refractivity contribution < 1.29 is 4.74 Å². The van der Waals surface area contributed by atoms with Crippen LogP contribution in [-0.2, 0) is 0 Å². The molecule has 0 aromatic carbocycles. The third-order valence-corrected chi connectivity index (χ3v) is 5.80. The predicted octanol–water partition coefficient (Wildman–Crippen LogP) is 3.12. The monoisotopic (exact) mass is 345 g/mol. The van der Waals surface area contributed by atoms with Crippen molar-refractivity contribution in [2.75, 3.05) is 24.6 Å². The summed E-state index contributed by atoms with van der Waals surface area (Å²) in [6.45, 7) is 6.80. The van der Waals surface area contributed by atoms with Gasteiger partial charge in [-0.25, -0.2) is 15.0 Å². The van der Waals surface area contributed by atoms with Crippen molar-refractivity contribution in [2.45, 2.75) is 45.4 Å². The van der Waals surface area contributed by atoms with Crippen molar-refractivity contribution in [3.8, 4) is 5.88 Å². The van der Waals surface area contributed by atoms with Crippen molar-refractivity contribution >= 4 is 16.7 Å². The lowest BCUT2D eigenvalue weighted by Gasteiger charge is -2.31. The van der Waals surface area contributed by atoms with Crippen LogP contribution in [0.5, 0.6) is 5.88 Å². The molecule has 0 N–H and O–H groups in total. The summed E-state index contributed by atoms with van der Waals surface area (Å²) in [5, 5.41) is 1.10. The first-order valence-corrected chi connectivity index (χ1v) is 9.47. The zero-order valence-electron chi connectivity index (χ0n) is 14.2. The number of nitrogens with zero attached hydrogens (tertiary/aromatic N) is 5. The second-order valence-electron chi connectivity index (χ2n) is 6.84. The maximum atomic E-state index is 5.95. The molecule has 24 heavy (non-hydrogen) atoms. The first kappa shape index (κ1) is 15.7. The summed E-state index contributed by atoms with van der Waals surface area (Å²) in [5.74, 6) is 3.01. The average molecular weight is 345 g/mol. The zero-order valence-corrected chi connectivity index (χ0v) is 15.1. The van der Waals surface area contributed by atoms with Crippen molar-refractivity contribution in [3.63, 3.8) is 0 Å². The highest BCUT2D eigenvalue weighted by Gasteiger charge is 2.29. The van der Waals surface area contributed by atoms with Crippen LogP contribution >= 0.6 is 11.5 Å².